The number of amides is 1. The molecule has 0 bridgehead atoms. The van der Waals surface area contributed by atoms with Gasteiger partial charge in [0.15, 0.2) is 0 Å². The molecule has 0 fully saturated rings. The predicted octanol–water partition coefficient (Wildman–Crippen LogP) is 2.35. The second-order valence-corrected chi connectivity index (χ2v) is 6.55. The normalized spacial score (nSPS) is 12.0. The van der Waals surface area contributed by atoms with Crippen LogP contribution in [0.2, 0.25) is 0 Å². The summed E-state index contributed by atoms with van der Waals surface area (Å²) in [4.78, 5) is 29.1. The van der Waals surface area contributed by atoms with E-state index in [2.05, 4.69) is 15.4 Å². The molecule has 29 heavy (non-hydrogen) atoms. The van der Waals surface area contributed by atoms with E-state index in [1.807, 2.05) is 19.0 Å². The molecule has 1 unspecified atom stereocenters. The fraction of sp³-hybridized carbons (Fsp3) is 0.211. The Morgan fingerprint density at radius 3 is 2.72 bits per heavy atom. The van der Waals surface area contributed by atoms with Gasteiger partial charge < -0.3 is 10.2 Å². The van der Waals surface area contributed by atoms with E-state index in [-0.39, 0.29) is 35.3 Å². The standard InChI is InChI=1S/C19H19FN6O3/c1-24(2)18(13-4-3-5-15(20)8-13)10-22-19(27)14-6-7-16(17(9-14)26(28)29)25-12-21-11-23-25/h3-9,11-12,18H,10H2,1-2H3,(H,22,27). The molecule has 3 aromatic rings. The smallest absolute Gasteiger partial charge is 0.295 e. The van der Waals surface area contributed by atoms with Gasteiger partial charge in [-0.05, 0) is 43.9 Å². The highest BCUT2D eigenvalue weighted by Crippen LogP contribution is 2.24. The monoisotopic (exact) mass is 398 g/mol. The lowest BCUT2D eigenvalue weighted by Crippen LogP contribution is -2.34. The topological polar surface area (TPSA) is 106 Å². The van der Waals surface area contributed by atoms with Crippen molar-refractivity contribution < 1.29 is 14.1 Å². The first-order chi connectivity index (χ1) is 13.9. The fourth-order valence-electron chi connectivity index (χ4n) is 2.94. The number of nitro benzene ring substituents is 1. The second-order valence-electron chi connectivity index (χ2n) is 6.55. The minimum absolute atomic E-state index is 0.136. The van der Waals surface area contributed by atoms with Crippen molar-refractivity contribution in [2.45, 2.75) is 6.04 Å². The number of carbonyl (C=O) groups is 1. The van der Waals surface area contributed by atoms with Crippen LogP contribution >= 0.6 is 0 Å². The number of aromatic nitrogens is 3. The van der Waals surface area contributed by atoms with Crippen LogP contribution in [-0.2, 0) is 0 Å². The largest absolute Gasteiger partial charge is 0.350 e. The molecular weight excluding hydrogens is 379 g/mol. The molecule has 0 saturated heterocycles. The zero-order chi connectivity index (χ0) is 21.0. The quantitative estimate of drug-likeness (QED) is 0.484. The van der Waals surface area contributed by atoms with E-state index >= 15 is 0 Å². The zero-order valence-corrected chi connectivity index (χ0v) is 15.8. The van der Waals surface area contributed by atoms with Crippen molar-refractivity contribution in [3.63, 3.8) is 0 Å². The molecule has 0 saturated carbocycles. The Hall–Kier alpha value is -3.66. The molecule has 2 aromatic carbocycles. The molecule has 1 atom stereocenters. The number of carbonyl (C=O) groups excluding carboxylic acids is 1. The van der Waals surface area contributed by atoms with Gasteiger partial charge in [0, 0.05) is 18.2 Å². The maximum absolute atomic E-state index is 13.5. The van der Waals surface area contributed by atoms with Crippen LogP contribution in [0.5, 0.6) is 0 Å². The first-order valence-electron chi connectivity index (χ1n) is 8.70. The van der Waals surface area contributed by atoms with Crippen molar-refractivity contribution in [1.29, 1.82) is 0 Å². The lowest BCUT2D eigenvalue weighted by atomic mass is 10.1. The number of halogens is 1. The lowest BCUT2D eigenvalue weighted by molar-refractivity contribution is -0.384. The number of hydrogen-bond acceptors (Lipinski definition) is 6. The van der Waals surface area contributed by atoms with Crippen molar-refractivity contribution in [2.75, 3.05) is 20.6 Å². The summed E-state index contributed by atoms with van der Waals surface area (Å²) in [6, 6.07) is 9.99. The van der Waals surface area contributed by atoms with Gasteiger partial charge in [-0.2, -0.15) is 5.10 Å². The highest BCUT2D eigenvalue weighted by atomic mass is 19.1. The summed E-state index contributed by atoms with van der Waals surface area (Å²) in [5.74, 6) is -0.832. The van der Waals surface area contributed by atoms with Gasteiger partial charge >= 0.3 is 0 Å². The molecule has 1 N–H and O–H groups in total. The summed E-state index contributed by atoms with van der Waals surface area (Å²) < 4.78 is 14.8. The van der Waals surface area contributed by atoms with Crippen LogP contribution in [0, 0.1) is 15.9 Å². The average molecular weight is 398 g/mol. The third kappa shape index (κ3) is 4.61. The Morgan fingerprint density at radius 2 is 2.10 bits per heavy atom. The first-order valence-corrected chi connectivity index (χ1v) is 8.70. The van der Waals surface area contributed by atoms with Crippen LogP contribution in [0.1, 0.15) is 22.0 Å². The molecule has 10 heteroatoms. The molecule has 1 aromatic heterocycles. The Labute approximate surface area is 165 Å². The fourth-order valence-corrected chi connectivity index (χ4v) is 2.94. The molecule has 150 valence electrons. The Balaban J connectivity index is 1.79. The van der Waals surface area contributed by atoms with Crippen molar-refractivity contribution in [1.82, 2.24) is 25.0 Å². The van der Waals surface area contributed by atoms with Crippen molar-refractivity contribution >= 4 is 11.6 Å². The van der Waals surface area contributed by atoms with Crippen LogP contribution < -0.4 is 5.32 Å². The Morgan fingerprint density at radius 1 is 1.31 bits per heavy atom. The van der Waals surface area contributed by atoms with Gasteiger partial charge in [-0.3, -0.25) is 14.9 Å². The summed E-state index contributed by atoms with van der Waals surface area (Å²) in [6.07, 6.45) is 2.60. The van der Waals surface area contributed by atoms with Gasteiger partial charge in [0.25, 0.3) is 11.6 Å². The molecule has 1 heterocycles. The number of nitro groups is 1. The van der Waals surface area contributed by atoms with Crippen LogP contribution in [0.4, 0.5) is 10.1 Å². The van der Waals surface area contributed by atoms with E-state index in [9.17, 15) is 19.3 Å². The van der Waals surface area contributed by atoms with Gasteiger partial charge in [0.1, 0.15) is 24.2 Å². The molecule has 0 aliphatic carbocycles. The zero-order valence-electron chi connectivity index (χ0n) is 15.8. The summed E-state index contributed by atoms with van der Waals surface area (Å²) in [6.45, 7) is 0.202. The maximum atomic E-state index is 13.5. The van der Waals surface area contributed by atoms with Crippen LogP contribution in [0.15, 0.2) is 55.1 Å². The number of hydrogen-bond donors (Lipinski definition) is 1. The second kappa shape index (κ2) is 8.57. The minimum atomic E-state index is -0.580. The SMILES string of the molecule is CN(C)C(CNC(=O)c1ccc(-n2cncn2)c([N+](=O)[O-])c1)c1cccc(F)c1. The van der Waals surface area contributed by atoms with Gasteiger partial charge in [-0.25, -0.2) is 14.1 Å². The van der Waals surface area contributed by atoms with Gasteiger partial charge in [-0.15, -0.1) is 0 Å². The highest BCUT2D eigenvalue weighted by Gasteiger charge is 2.21. The summed E-state index contributed by atoms with van der Waals surface area (Å²) in [5.41, 5.74) is 0.785. The number of rotatable bonds is 7. The molecule has 0 aliphatic rings. The third-order valence-corrected chi connectivity index (χ3v) is 4.41. The van der Waals surface area contributed by atoms with Crippen LogP contribution in [0.25, 0.3) is 5.69 Å². The van der Waals surface area contributed by atoms with Gasteiger partial charge in [0.2, 0.25) is 0 Å². The minimum Gasteiger partial charge on any atom is -0.350 e. The lowest BCUT2D eigenvalue weighted by Gasteiger charge is -2.25. The summed E-state index contributed by atoms with van der Waals surface area (Å²) in [7, 11) is 3.64. The molecule has 0 aliphatic heterocycles. The molecular formula is C19H19FN6O3. The Bertz CT molecular complexity index is 1020. The van der Waals surface area contributed by atoms with Crippen molar-refractivity contribution in [3.05, 3.63) is 82.2 Å². The summed E-state index contributed by atoms with van der Waals surface area (Å²) in [5, 5.41) is 18.1. The van der Waals surface area contributed by atoms with Gasteiger partial charge in [0.05, 0.1) is 11.0 Å². The number of nitrogens with zero attached hydrogens (tertiary/aromatic N) is 5. The van der Waals surface area contributed by atoms with E-state index in [1.54, 1.807) is 12.1 Å². The number of benzene rings is 2. The average Bonchev–Trinajstić information content (AvgIpc) is 3.22. The molecule has 0 spiro atoms. The van der Waals surface area contributed by atoms with E-state index in [1.165, 1.54) is 47.7 Å². The van der Waals surface area contributed by atoms with Crippen molar-refractivity contribution in [2.24, 2.45) is 0 Å². The molecule has 9 nitrogen and oxygen atoms in total. The highest BCUT2D eigenvalue weighted by molar-refractivity contribution is 5.95. The Kier molecular flexibility index (Phi) is 5.93. The third-order valence-electron chi connectivity index (χ3n) is 4.41. The van der Waals surface area contributed by atoms with E-state index in [0.717, 1.165) is 0 Å². The summed E-state index contributed by atoms with van der Waals surface area (Å²) >= 11 is 0. The molecule has 3 rings (SSSR count). The first kappa shape index (κ1) is 20.1. The maximum Gasteiger partial charge on any atom is 0.295 e. The van der Waals surface area contributed by atoms with Crippen LogP contribution in [0.3, 0.4) is 0 Å². The number of nitrogens with one attached hydrogen (secondary N) is 1. The predicted molar refractivity (Wildman–Crippen MR) is 103 cm³/mol. The van der Waals surface area contributed by atoms with Crippen molar-refractivity contribution in [3.8, 4) is 5.69 Å². The molecule has 0 radical (unpaired) electrons. The van der Waals surface area contributed by atoms with Gasteiger partial charge in [-0.1, -0.05) is 12.1 Å². The van der Waals surface area contributed by atoms with E-state index in [4.69, 9.17) is 0 Å². The van der Waals surface area contributed by atoms with E-state index in [0.29, 0.717) is 5.56 Å². The number of likely N-dealkylation sites (N-methyl/N-ethyl adjacent to an activating group) is 1. The van der Waals surface area contributed by atoms with E-state index < -0.39 is 10.8 Å². The van der Waals surface area contributed by atoms with Crippen LogP contribution in [-0.4, -0.2) is 51.1 Å². The molecule has 1 amide bonds.